The molecule has 1 N–H and O–H groups in total. The van der Waals surface area contributed by atoms with Gasteiger partial charge in [0.15, 0.2) is 0 Å². The van der Waals surface area contributed by atoms with Crippen LogP contribution in [-0.4, -0.2) is 41.8 Å². The fraction of sp³-hybridized carbons (Fsp3) is 0.625. The van der Waals surface area contributed by atoms with E-state index in [1.54, 1.807) is 0 Å². The highest BCUT2D eigenvalue weighted by Crippen LogP contribution is 2.25. The zero-order valence-corrected chi connectivity index (χ0v) is 12.3. The molecule has 106 valence electrons. The second kappa shape index (κ2) is 5.93. The summed E-state index contributed by atoms with van der Waals surface area (Å²) in [6.07, 6.45) is 1.95. The van der Waals surface area contributed by atoms with E-state index in [9.17, 15) is 5.11 Å². The Morgan fingerprint density at radius 2 is 1.84 bits per heavy atom. The molecule has 0 unspecified atom stereocenters. The Bertz CT molecular complexity index is 405. The van der Waals surface area contributed by atoms with E-state index in [1.165, 1.54) is 11.1 Å². The molecule has 1 saturated heterocycles. The lowest BCUT2D eigenvalue weighted by atomic mass is 9.89. The van der Waals surface area contributed by atoms with E-state index < -0.39 is 5.60 Å². The largest absolute Gasteiger partial charge is 0.492 e. The van der Waals surface area contributed by atoms with Crippen molar-refractivity contribution in [1.29, 1.82) is 0 Å². The van der Waals surface area contributed by atoms with Crippen molar-refractivity contribution in [2.45, 2.75) is 39.2 Å². The minimum Gasteiger partial charge on any atom is -0.492 e. The molecule has 19 heavy (non-hydrogen) atoms. The number of hydrogen-bond acceptors (Lipinski definition) is 3. The molecule has 0 aliphatic carbocycles. The van der Waals surface area contributed by atoms with Crippen LogP contribution in [0.25, 0.3) is 0 Å². The summed E-state index contributed by atoms with van der Waals surface area (Å²) in [5, 5.41) is 10.1. The Hall–Kier alpha value is -1.06. The second-order valence-electron chi connectivity index (χ2n) is 5.86. The number of β-amino-alcohol motifs (C(OH)–C–C–N with tert-alkyl or cyclic N) is 1. The van der Waals surface area contributed by atoms with E-state index >= 15 is 0 Å². The Morgan fingerprint density at radius 3 is 2.42 bits per heavy atom. The second-order valence-corrected chi connectivity index (χ2v) is 5.86. The van der Waals surface area contributed by atoms with Crippen LogP contribution in [0.4, 0.5) is 0 Å². The fourth-order valence-corrected chi connectivity index (χ4v) is 2.88. The van der Waals surface area contributed by atoms with Gasteiger partial charge in [-0.1, -0.05) is 19.4 Å². The first kappa shape index (κ1) is 14.4. The van der Waals surface area contributed by atoms with Crippen LogP contribution in [0.1, 0.15) is 30.9 Å². The highest BCUT2D eigenvalue weighted by molar-refractivity contribution is 5.32. The number of aliphatic hydroxyl groups is 1. The Labute approximate surface area is 116 Å². The summed E-state index contributed by atoms with van der Waals surface area (Å²) >= 11 is 0. The van der Waals surface area contributed by atoms with E-state index in [1.807, 2.05) is 0 Å². The molecule has 1 aliphatic heterocycles. The normalized spacial score (nSPS) is 18.1. The molecule has 2 rings (SSSR count). The van der Waals surface area contributed by atoms with Gasteiger partial charge in [0, 0.05) is 19.6 Å². The highest BCUT2D eigenvalue weighted by atomic mass is 16.5. The standard InChI is InChI=1S/C16H25NO2/c1-4-5-16(18)11-17(12-16)6-7-19-15-9-13(2)8-14(3)10-15/h8-10,18H,4-7,11-12H2,1-3H3. The lowest BCUT2D eigenvalue weighted by Crippen LogP contribution is -2.62. The van der Waals surface area contributed by atoms with Crippen molar-refractivity contribution in [3.05, 3.63) is 29.3 Å². The third-order valence-electron chi connectivity index (χ3n) is 3.62. The molecule has 0 atom stereocenters. The van der Waals surface area contributed by atoms with Gasteiger partial charge in [-0.05, 0) is 43.5 Å². The minimum absolute atomic E-state index is 0.436. The number of nitrogens with zero attached hydrogens (tertiary/aromatic N) is 1. The van der Waals surface area contributed by atoms with Crippen LogP contribution in [0.5, 0.6) is 5.75 Å². The molecule has 1 fully saturated rings. The van der Waals surface area contributed by atoms with E-state index in [4.69, 9.17) is 4.74 Å². The van der Waals surface area contributed by atoms with Crippen LogP contribution in [0.2, 0.25) is 0 Å². The van der Waals surface area contributed by atoms with Gasteiger partial charge >= 0.3 is 0 Å². The summed E-state index contributed by atoms with van der Waals surface area (Å²) < 4.78 is 5.78. The van der Waals surface area contributed by atoms with Crippen molar-refractivity contribution in [3.8, 4) is 5.75 Å². The van der Waals surface area contributed by atoms with Crippen molar-refractivity contribution in [1.82, 2.24) is 4.90 Å². The molecule has 3 nitrogen and oxygen atoms in total. The number of ether oxygens (including phenoxy) is 1. The lowest BCUT2D eigenvalue weighted by Gasteiger charge is -2.46. The maximum atomic E-state index is 10.1. The fourth-order valence-electron chi connectivity index (χ4n) is 2.88. The molecule has 0 spiro atoms. The van der Waals surface area contributed by atoms with Crippen molar-refractivity contribution in [2.75, 3.05) is 26.2 Å². The number of aryl methyl sites for hydroxylation is 2. The first-order valence-corrected chi connectivity index (χ1v) is 7.16. The third kappa shape index (κ3) is 3.95. The SMILES string of the molecule is CCCC1(O)CN(CCOc2cc(C)cc(C)c2)C1. The van der Waals surface area contributed by atoms with E-state index in [-0.39, 0.29) is 0 Å². The quantitative estimate of drug-likeness (QED) is 0.856. The summed E-state index contributed by atoms with van der Waals surface area (Å²) in [5.41, 5.74) is 2.03. The van der Waals surface area contributed by atoms with Crippen LogP contribution in [0, 0.1) is 13.8 Å². The lowest BCUT2D eigenvalue weighted by molar-refractivity contribution is -0.105. The Kier molecular flexibility index (Phi) is 4.48. The highest BCUT2D eigenvalue weighted by Gasteiger charge is 2.39. The van der Waals surface area contributed by atoms with Crippen LogP contribution in [0.3, 0.4) is 0 Å². The maximum Gasteiger partial charge on any atom is 0.119 e. The summed E-state index contributed by atoms with van der Waals surface area (Å²) in [6.45, 7) is 9.43. The summed E-state index contributed by atoms with van der Waals surface area (Å²) in [7, 11) is 0. The van der Waals surface area contributed by atoms with Crippen LogP contribution in [0.15, 0.2) is 18.2 Å². The summed E-state index contributed by atoms with van der Waals surface area (Å²) in [4.78, 5) is 2.25. The Balaban J connectivity index is 1.71. The predicted molar refractivity (Wildman–Crippen MR) is 77.7 cm³/mol. The van der Waals surface area contributed by atoms with Gasteiger partial charge in [-0.25, -0.2) is 0 Å². The maximum absolute atomic E-state index is 10.1. The third-order valence-corrected chi connectivity index (χ3v) is 3.62. The zero-order valence-electron chi connectivity index (χ0n) is 12.3. The van der Waals surface area contributed by atoms with Gasteiger partial charge in [0.1, 0.15) is 12.4 Å². The minimum atomic E-state index is -0.436. The monoisotopic (exact) mass is 263 g/mol. The molecular weight excluding hydrogens is 238 g/mol. The molecule has 3 heteroatoms. The number of benzene rings is 1. The van der Waals surface area contributed by atoms with E-state index in [2.05, 4.69) is 43.9 Å². The number of likely N-dealkylation sites (tertiary alicyclic amines) is 1. The average molecular weight is 263 g/mol. The van der Waals surface area contributed by atoms with E-state index in [0.29, 0.717) is 6.61 Å². The molecule has 0 radical (unpaired) electrons. The van der Waals surface area contributed by atoms with Crippen LogP contribution >= 0.6 is 0 Å². The van der Waals surface area contributed by atoms with Gasteiger partial charge < -0.3 is 9.84 Å². The molecule has 1 heterocycles. The molecule has 1 aliphatic rings. The molecule has 0 aromatic heterocycles. The molecule has 1 aromatic carbocycles. The van der Waals surface area contributed by atoms with Gasteiger partial charge in [-0.3, -0.25) is 4.90 Å². The number of hydrogen-bond donors (Lipinski definition) is 1. The smallest absolute Gasteiger partial charge is 0.119 e. The number of rotatable bonds is 6. The van der Waals surface area contributed by atoms with Gasteiger partial charge in [0.25, 0.3) is 0 Å². The first-order chi connectivity index (χ1) is 9.00. The summed E-state index contributed by atoms with van der Waals surface area (Å²) in [5.74, 6) is 0.946. The van der Waals surface area contributed by atoms with Gasteiger partial charge in [0.2, 0.25) is 0 Å². The van der Waals surface area contributed by atoms with Crippen molar-refractivity contribution in [2.24, 2.45) is 0 Å². The van der Waals surface area contributed by atoms with E-state index in [0.717, 1.165) is 38.2 Å². The van der Waals surface area contributed by atoms with Crippen LogP contribution < -0.4 is 4.74 Å². The first-order valence-electron chi connectivity index (χ1n) is 7.16. The van der Waals surface area contributed by atoms with Crippen molar-refractivity contribution in [3.63, 3.8) is 0 Å². The van der Waals surface area contributed by atoms with Gasteiger partial charge in [-0.15, -0.1) is 0 Å². The molecule has 0 saturated carbocycles. The summed E-state index contributed by atoms with van der Waals surface area (Å²) in [6, 6.07) is 6.28. The van der Waals surface area contributed by atoms with Crippen molar-refractivity contribution >= 4 is 0 Å². The predicted octanol–water partition coefficient (Wildman–Crippen LogP) is 2.53. The molecular formula is C16H25NO2. The molecule has 0 amide bonds. The Morgan fingerprint density at radius 1 is 1.21 bits per heavy atom. The van der Waals surface area contributed by atoms with Crippen LogP contribution in [-0.2, 0) is 0 Å². The zero-order chi connectivity index (χ0) is 13.9. The van der Waals surface area contributed by atoms with Crippen molar-refractivity contribution < 1.29 is 9.84 Å². The van der Waals surface area contributed by atoms with Gasteiger partial charge in [-0.2, -0.15) is 0 Å². The molecule has 1 aromatic rings. The molecule has 0 bridgehead atoms. The average Bonchev–Trinajstić information content (AvgIpc) is 2.25. The topological polar surface area (TPSA) is 32.7 Å². The van der Waals surface area contributed by atoms with Gasteiger partial charge in [0.05, 0.1) is 5.60 Å².